The number of halogens is 2. The summed E-state index contributed by atoms with van der Waals surface area (Å²) in [7, 11) is 0. The molecule has 6 heteroatoms. The second-order valence-electron chi connectivity index (χ2n) is 5.08. The molecule has 0 radical (unpaired) electrons. The highest BCUT2D eigenvalue weighted by Gasteiger charge is 2.25. The first-order valence-electron chi connectivity index (χ1n) is 5.48. The van der Waals surface area contributed by atoms with Crippen LogP contribution in [-0.4, -0.2) is 15.0 Å². The normalized spacial score (nSPS) is 11.8. The minimum absolute atomic E-state index is 0.284. The van der Waals surface area contributed by atoms with Gasteiger partial charge in [-0.1, -0.05) is 26.0 Å². The molecule has 2 rings (SSSR count). The zero-order valence-corrected chi connectivity index (χ0v) is 10.4. The summed E-state index contributed by atoms with van der Waals surface area (Å²) in [5.74, 6) is -1.54. The molecule has 2 N–H and O–H groups in total. The third-order valence-electron chi connectivity index (χ3n) is 2.55. The Morgan fingerprint density at radius 2 is 1.83 bits per heavy atom. The van der Waals surface area contributed by atoms with Gasteiger partial charge in [-0.2, -0.15) is 0 Å². The lowest BCUT2D eigenvalue weighted by atomic mass is 9.91. The number of aromatic nitrogens is 3. The summed E-state index contributed by atoms with van der Waals surface area (Å²) in [6, 6.07) is 3.55. The third kappa shape index (κ3) is 2.05. The molecule has 0 saturated carbocycles. The molecule has 0 amide bonds. The van der Waals surface area contributed by atoms with E-state index in [1.165, 1.54) is 10.7 Å². The van der Waals surface area contributed by atoms with Crippen LogP contribution in [-0.2, 0) is 5.41 Å². The maximum Gasteiger partial charge on any atom is 0.170 e. The Hall–Kier alpha value is -1.98. The van der Waals surface area contributed by atoms with Gasteiger partial charge in [0.1, 0.15) is 0 Å². The van der Waals surface area contributed by atoms with E-state index in [9.17, 15) is 8.78 Å². The monoisotopic (exact) mass is 252 g/mol. The Morgan fingerprint density at radius 3 is 2.39 bits per heavy atom. The van der Waals surface area contributed by atoms with Gasteiger partial charge in [-0.3, -0.25) is 0 Å². The highest BCUT2D eigenvalue weighted by Crippen LogP contribution is 2.28. The Kier molecular flexibility index (Phi) is 2.80. The van der Waals surface area contributed by atoms with Gasteiger partial charge in [0, 0.05) is 11.5 Å². The van der Waals surface area contributed by atoms with Crippen LogP contribution in [0.2, 0.25) is 0 Å². The molecule has 4 nitrogen and oxygen atoms in total. The van der Waals surface area contributed by atoms with Crippen LogP contribution in [0.5, 0.6) is 0 Å². The summed E-state index contributed by atoms with van der Waals surface area (Å²) in [6.45, 7) is 5.83. The maximum absolute atomic E-state index is 13.2. The molecule has 1 aromatic heterocycles. The van der Waals surface area contributed by atoms with Gasteiger partial charge in [-0.15, -0.1) is 5.10 Å². The van der Waals surface area contributed by atoms with E-state index in [-0.39, 0.29) is 11.2 Å². The number of benzene rings is 1. The molecule has 0 saturated heterocycles. The number of hydrogen-bond acceptors (Lipinski definition) is 3. The fourth-order valence-corrected chi connectivity index (χ4v) is 1.79. The molecule has 96 valence electrons. The van der Waals surface area contributed by atoms with Crippen molar-refractivity contribution in [2.75, 3.05) is 5.73 Å². The smallest absolute Gasteiger partial charge is 0.170 e. The minimum atomic E-state index is -0.929. The van der Waals surface area contributed by atoms with Crippen LogP contribution in [0.4, 0.5) is 14.6 Å². The van der Waals surface area contributed by atoms with E-state index < -0.39 is 11.6 Å². The van der Waals surface area contributed by atoms with Gasteiger partial charge < -0.3 is 5.73 Å². The lowest BCUT2D eigenvalue weighted by Gasteiger charge is -2.20. The maximum atomic E-state index is 13.2. The number of anilines is 1. The molecule has 0 aliphatic heterocycles. The zero-order valence-electron chi connectivity index (χ0n) is 10.4. The zero-order chi connectivity index (χ0) is 13.5. The second kappa shape index (κ2) is 4.04. The van der Waals surface area contributed by atoms with Crippen molar-refractivity contribution in [2.24, 2.45) is 0 Å². The average molecular weight is 252 g/mol. The van der Waals surface area contributed by atoms with E-state index in [2.05, 4.69) is 10.3 Å². The quantitative estimate of drug-likeness (QED) is 0.848. The van der Waals surface area contributed by atoms with Crippen molar-refractivity contribution in [3.05, 3.63) is 35.5 Å². The molecule has 0 atom stereocenters. The van der Waals surface area contributed by atoms with Gasteiger partial charge in [0.05, 0.1) is 11.4 Å². The van der Waals surface area contributed by atoms with Crippen molar-refractivity contribution in [1.29, 1.82) is 0 Å². The van der Waals surface area contributed by atoms with Crippen LogP contribution < -0.4 is 5.73 Å². The molecule has 1 heterocycles. The van der Waals surface area contributed by atoms with Gasteiger partial charge in [-0.05, 0) is 12.1 Å². The van der Waals surface area contributed by atoms with Crippen LogP contribution in [0.15, 0.2) is 18.2 Å². The summed E-state index contributed by atoms with van der Waals surface area (Å²) in [4.78, 5) is 0. The van der Waals surface area contributed by atoms with Crippen molar-refractivity contribution < 1.29 is 8.78 Å². The molecule has 0 unspecified atom stereocenters. The van der Waals surface area contributed by atoms with Crippen LogP contribution in [0.3, 0.4) is 0 Å². The van der Waals surface area contributed by atoms with Crippen molar-refractivity contribution in [3.63, 3.8) is 0 Å². The van der Waals surface area contributed by atoms with Crippen molar-refractivity contribution in [1.82, 2.24) is 15.0 Å². The highest BCUT2D eigenvalue weighted by atomic mass is 19.2. The van der Waals surface area contributed by atoms with E-state index in [1.54, 1.807) is 0 Å². The van der Waals surface area contributed by atoms with Gasteiger partial charge >= 0.3 is 0 Å². The summed E-state index contributed by atoms with van der Waals surface area (Å²) in [5, 5.41) is 7.66. The number of nitrogens with zero attached hydrogens (tertiary/aromatic N) is 3. The van der Waals surface area contributed by atoms with E-state index in [0.717, 1.165) is 12.1 Å². The van der Waals surface area contributed by atoms with Gasteiger partial charge in [0.2, 0.25) is 0 Å². The summed E-state index contributed by atoms with van der Waals surface area (Å²) in [5.41, 5.74) is 6.52. The lowest BCUT2D eigenvalue weighted by molar-refractivity contribution is 0.504. The van der Waals surface area contributed by atoms with Crippen LogP contribution in [0.1, 0.15) is 26.5 Å². The van der Waals surface area contributed by atoms with Crippen molar-refractivity contribution in [2.45, 2.75) is 26.2 Å². The summed E-state index contributed by atoms with van der Waals surface area (Å²) >= 11 is 0. The fourth-order valence-electron chi connectivity index (χ4n) is 1.79. The van der Waals surface area contributed by atoms with E-state index in [4.69, 9.17) is 5.73 Å². The molecule has 0 aliphatic carbocycles. The predicted octanol–water partition coefficient (Wildman–Crippen LogP) is 2.43. The largest absolute Gasteiger partial charge is 0.381 e. The average Bonchev–Trinajstić information content (AvgIpc) is 2.64. The molecule has 0 spiro atoms. The number of nitrogen functional groups attached to an aromatic ring is 1. The van der Waals surface area contributed by atoms with E-state index in [1.807, 2.05) is 20.8 Å². The third-order valence-corrected chi connectivity index (χ3v) is 2.55. The van der Waals surface area contributed by atoms with Crippen molar-refractivity contribution >= 4 is 5.82 Å². The fraction of sp³-hybridized carbons (Fsp3) is 0.333. The standard InChI is InChI=1S/C12H14F2N4/c1-12(2,3)10-11(15)16-17-18(10)7-4-5-8(13)9(14)6-7/h4-6H,15H2,1-3H3. The van der Waals surface area contributed by atoms with Crippen molar-refractivity contribution in [3.8, 4) is 5.69 Å². The summed E-state index contributed by atoms with van der Waals surface area (Å²) in [6.07, 6.45) is 0. The van der Waals surface area contributed by atoms with Gasteiger partial charge in [-0.25, -0.2) is 13.5 Å². The SMILES string of the molecule is CC(C)(C)c1c(N)nnn1-c1ccc(F)c(F)c1. The Bertz CT molecular complexity index is 584. The van der Waals surface area contributed by atoms with E-state index >= 15 is 0 Å². The molecule has 0 bridgehead atoms. The van der Waals surface area contributed by atoms with E-state index in [0.29, 0.717) is 11.4 Å². The molecule has 1 aromatic carbocycles. The number of rotatable bonds is 1. The summed E-state index contributed by atoms with van der Waals surface area (Å²) < 4.78 is 27.6. The Morgan fingerprint density at radius 1 is 1.17 bits per heavy atom. The van der Waals surface area contributed by atoms with Gasteiger partial charge in [0.25, 0.3) is 0 Å². The molecular weight excluding hydrogens is 238 g/mol. The van der Waals surface area contributed by atoms with Crippen LogP contribution >= 0.6 is 0 Å². The van der Waals surface area contributed by atoms with Crippen LogP contribution in [0.25, 0.3) is 5.69 Å². The molecule has 18 heavy (non-hydrogen) atoms. The first kappa shape index (κ1) is 12.5. The highest BCUT2D eigenvalue weighted by molar-refractivity contribution is 5.44. The minimum Gasteiger partial charge on any atom is -0.381 e. The second-order valence-corrected chi connectivity index (χ2v) is 5.08. The number of hydrogen-bond donors (Lipinski definition) is 1. The lowest BCUT2D eigenvalue weighted by Crippen LogP contribution is -2.19. The molecular formula is C12H14F2N4. The van der Waals surface area contributed by atoms with Crippen LogP contribution in [0, 0.1) is 11.6 Å². The first-order chi connectivity index (χ1) is 8.30. The Balaban J connectivity index is 2.61. The first-order valence-corrected chi connectivity index (χ1v) is 5.48. The molecule has 0 fully saturated rings. The molecule has 0 aliphatic rings. The Labute approximate surface area is 103 Å². The molecule has 2 aromatic rings. The predicted molar refractivity (Wildman–Crippen MR) is 64.4 cm³/mol. The number of nitrogens with two attached hydrogens (primary N) is 1. The van der Waals surface area contributed by atoms with Gasteiger partial charge in [0.15, 0.2) is 17.5 Å². The topological polar surface area (TPSA) is 56.7 Å².